The summed E-state index contributed by atoms with van der Waals surface area (Å²) < 4.78 is 9.77. The second-order valence-electron chi connectivity index (χ2n) is 2.87. The molecule has 0 N–H and O–H groups in total. The number of aliphatic imine (C=N–C) groups is 1. The third-order valence-corrected chi connectivity index (χ3v) is 1.26. The van der Waals surface area contributed by atoms with Crippen molar-refractivity contribution in [3.05, 3.63) is 12.7 Å². The molecular formula is C9H13NO4. The summed E-state index contributed by atoms with van der Waals surface area (Å²) in [6, 6.07) is 0. The lowest BCUT2D eigenvalue weighted by Gasteiger charge is -2.17. The Morgan fingerprint density at radius 1 is 1.57 bits per heavy atom. The van der Waals surface area contributed by atoms with Gasteiger partial charge in [-0.05, 0) is 13.8 Å². The fraction of sp³-hybridized carbons (Fsp3) is 0.556. The van der Waals surface area contributed by atoms with Gasteiger partial charge in [0, 0.05) is 6.08 Å². The van der Waals surface area contributed by atoms with Crippen molar-refractivity contribution in [1.29, 1.82) is 0 Å². The molecule has 0 aromatic heterocycles. The molecule has 0 heterocycles. The molecule has 5 heteroatoms. The summed E-state index contributed by atoms with van der Waals surface area (Å²) in [5.74, 6) is -0.509. The molecule has 0 saturated heterocycles. The van der Waals surface area contributed by atoms with E-state index in [1.165, 1.54) is 6.08 Å². The number of carbonyl (C=O) groups is 1. The second-order valence-corrected chi connectivity index (χ2v) is 2.87. The molecular weight excluding hydrogens is 186 g/mol. The summed E-state index contributed by atoms with van der Waals surface area (Å²) in [6.07, 6.45) is 2.46. The molecule has 0 aliphatic carbocycles. The zero-order chi connectivity index (χ0) is 11.0. The van der Waals surface area contributed by atoms with E-state index >= 15 is 0 Å². The lowest BCUT2D eigenvalue weighted by atomic mass is 10.3. The van der Waals surface area contributed by atoms with Crippen LogP contribution >= 0.6 is 0 Å². The minimum Gasteiger partial charge on any atom is -0.460 e. The molecule has 0 rings (SSSR count). The van der Waals surface area contributed by atoms with Crippen LogP contribution in [0.1, 0.15) is 13.8 Å². The van der Waals surface area contributed by atoms with Crippen LogP contribution in [0.3, 0.4) is 0 Å². The first kappa shape index (κ1) is 12.6. The molecule has 0 radical (unpaired) electrons. The summed E-state index contributed by atoms with van der Waals surface area (Å²) in [4.78, 5) is 23.9. The molecule has 78 valence electrons. The summed E-state index contributed by atoms with van der Waals surface area (Å²) in [7, 11) is 0. The molecule has 0 bridgehead atoms. The summed E-state index contributed by atoms with van der Waals surface area (Å²) >= 11 is 0. The lowest BCUT2D eigenvalue weighted by molar-refractivity contribution is -0.141. The van der Waals surface area contributed by atoms with Crippen LogP contribution in [0, 0.1) is 0 Å². The van der Waals surface area contributed by atoms with Crippen molar-refractivity contribution in [2.75, 3.05) is 13.2 Å². The van der Waals surface area contributed by atoms with Gasteiger partial charge in [0.1, 0.15) is 6.61 Å². The van der Waals surface area contributed by atoms with Crippen LogP contribution in [0.4, 0.5) is 0 Å². The van der Waals surface area contributed by atoms with E-state index in [0.717, 1.165) is 6.08 Å². The summed E-state index contributed by atoms with van der Waals surface area (Å²) in [5, 5.41) is 0. The highest BCUT2D eigenvalue weighted by molar-refractivity contribution is 5.81. The predicted molar refractivity (Wildman–Crippen MR) is 49.3 cm³/mol. The molecule has 0 amide bonds. The lowest BCUT2D eigenvalue weighted by Crippen LogP contribution is -2.24. The zero-order valence-corrected chi connectivity index (χ0v) is 8.28. The Balaban J connectivity index is 3.68. The number of rotatable bonds is 6. The quantitative estimate of drug-likeness (QED) is 0.209. The number of hydrogen-bond donors (Lipinski definition) is 0. The van der Waals surface area contributed by atoms with Crippen LogP contribution < -0.4 is 0 Å². The van der Waals surface area contributed by atoms with Crippen LogP contribution in [0.15, 0.2) is 17.6 Å². The van der Waals surface area contributed by atoms with Crippen LogP contribution in [-0.2, 0) is 19.1 Å². The number of nitrogens with zero attached hydrogens (tertiary/aromatic N) is 1. The number of carbonyl (C=O) groups excluding carboxylic acids is 2. The van der Waals surface area contributed by atoms with E-state index < -0.39 is 11.7 Å². The number of esters is 1. The molecule has 0 aliphatic rings. The Bertz CT molecular complexity index is 254. The molecule has 0 unspecified atom stereocenters. The van der Waals surface area contributed by atoms with Crippen molar-refractivity contribution in [3.8, 4) is 0 Å². The molecule has 14 heavy (non-hydrogen) atoms. The van der Waals surface area contributed by atoms with E-state index in [4.69, 9.17) is 4.74 Å². The van der Waals surface area contributed by atoms with E-state index in [2.05, 4.69) is 16.3 Å². The van der Waals surface area contributed by atoms with Crippen LogP contribution in [0.25, 0.3) is 0 Å². The SMILES string of the molecule is C=CC(=O)OCCOC(C)(C)N=C=O. The maximum absolute atomic E-state index is 10.6. The van der Waals surface area contributed by atoms with E-state index in [-0.39, 0.29) is 13.2 Å². The first-order valence-electron chi connectivity index (χ1n) is 4.04. The van der Waals surface area contributed by atoms with Crippen LogP contribution in [0.5, 0.6) is 0 Å². The van der Waals surface area contributed by atoms with Gasteiger partial charge in [-0.1, -0.05) is 6.58 Å². The number of isocyanates is 1. The Morgan fingerprint density at radius 2 is 2.21 bits per heavy atom. The van der Waals surface area contributed by atoms with Gasteiger partial charge in [0.05, 0.1) is 6.61 Å². The van der Waals surface area contributed by atoms with Crippen molar-refractivity contribution in [2.24, 2.45) is 4.99 Å². The minimum atomic E-state index is -0.928. The summed E-state index contributed by atoms with van der Waals surface area (Å²) in [5.41, 5.74) is -0.928. The molecule has 0 spiro atoms. The minimum absolute atomic E-state index is 0.0999. The fourth-order valence-corrected chi connectivity index (χ4v) is 0.635. The number of ether oxygens (including phenoxy) is 2. The van der Waals surface area contributed by atoms with Crippen molar-refractivity contribution < 1.29 is 19.1 Å². The van der Waals surface area contributed by atoms with E-state index in [1.807, 2.05) is 0 Å². The third-order valence-electron chi connectivity index (χ3n) is 1.26. The fourth-order valence-electron chi connectivity index (χ4n) is 0.635. The van der Waals surface area contributed by atoms with Crippen molar-refractivity contribution in [1.82, 2.24) is 0 Å². The standard InChI is InChI=1S/C9H13NO4/c1-4-8(12)13-5-6-14-9(2,3)10-7-11/h4H,1,5-6H2,2-3H3. The Kier molecular flexibility index (Phi) is 5.44. The average Bonchev–Trinajstić information content (AvgIpc) is 2.12. The summed E-state index contributed by atoms with van der Waals surface area (Å²) in [6.45, 7) is 6.71. The molecule has 0 aliphatic heterocycles. The first-order chi connectivity index (χ1) is 6.52. The zero-order valence-electron chi connectivity index (χ0n) is 8.28. The van der Waals surface area contributed by atoms with Gasteiger partial charge in [0.25, 0.3) is 0 Å². The monoisotopic (exact) mass is 199 g/mol. The van der Waals surface area contributed by atoms with Gasteiger partial charge in [-0.3, -0.25) is 0 Å². The molecule has 0 atom stereocenters. The largest absolute Gasteiger partial charge is 0.460 e. The molecule has 0 saturated carbocycles. The molecule has 0 aromatic rings. The third kappa shape index (κ3) is 6.11. The molecule has 0 aromatic carbocycles. The highest BCUT2D eigenvalue weighted by atomic mass is 16.6. The van der Waals surface area contributed by atoms with Crippen molar-refractivity contribution in [2.45, 2.75) is 19.6 Å². The highest BCUT2D eigenvalue weighted by Gasteiger charge is 2.15. The van der Waals surface area contributed by atoms with Gasteiger partial charge >= 0.3 is 5.97 Å². The van der Waals surface area contributed by atoms with E-state index in [9.17, 15) is 9.59 Å². The Hall–Kier alpha value is -1.45. The molecule has 5 nitrogen and oxygen atoms in total. The van der Waals surface area contributed by atoms with Crippen LogP contribution in [-0.4, -0.2) is 31.0 Å². The van der Waals surface area contributed by atoms with E-state index in [1.54, 1.807) is 13.8 Å². The highest BCUT2D eigenvalue weighted by Crippen LogP contribution is 2.08. The average molecular weight is 199 g/mol. The van der Waals surface area contributed by atoms with Crippen LogP contribution in [0.2, 0.25) is 0 Å². The van der Waals surface area contributed by atoms with Gasteiger partial charge in [-0.2, -0.15) is 4.99 Å². The van der Waals surface area contributed by atoms with Gasteiger partial charge in [-0.25, -0.2) is 9.59 Å². The smallest absolute Gasteiger partial charge is 0.330 e. The molecule has 0 fully saturated rings. The van der Waals surface area contributed by atoms with Gasteiger partial charge in [-0.15, -0.1) is 0 Å². The topological polar surface area (TPSA) is 65.0 Å². The van der Waals surface area contributed by atoms with Crippen molar-refractivity contribution >= 4 is 12.0 Å². The number of hydrogen-bond acceptors (Lipinski definition) is 5. The normalized spacial score (nSPS) is 10.1. The van der Waals surface area contributed by atoms with Crippen molar-refractivity contribution in [3.63, 3.8) is 0 Å². The maximum Gasteiger partial charge on any atom is 0.330 e. The Labute approximate surface area is 82.4 Å². The first-order valence-corrected chi connectivity index (χ1v) is 4.04. The Morgan fingerprint density at radius 3 is 2.71 bits per heavy atom. The van der Waals surface area contributed by atoms with Gasteiger partial charge < -0.3 is 9.47 Å². The van der Waals surface area contributed by atoms with Gasteiger partial charge in [0.2, 0.25) is 6.08 Å². The van der Waals surface area contributed by atoms with Gasteiger partial charge in [0.15, 0.2) is 5.72 Å². The second kappa shape index (κ2) is 6.07. The predicted octanol–water partition coefficient (Wildman–Crippen LogP) is 0.804. The maximum atomic E-state index is 10.6. The van der Waals surface area contributed by atoms with E-state index in [0.29, 0.717) is 0 Å².